The number of carbonyl (C=O) groups is 2. The van der Waals surface area contributed by atoms with Crippen molar-refractivity contribution in [2.45, 2.75) is 18.3 Å². The summed E-state index contributed by atoms with van der Waals surface area (Å²) < 4.78 is 10.0. The number of ether oxygens (including phenoxy) is 2. The molecule has 0 aliphatic carbocycles. The molecule has 5 heteroatoms. The first-order valence-electron chi connectivity index (χ1n) is 6.29. The summed E-state index contributed by atoms with van der Waals surface area (Å²) in [6.07, 6.45) is 1.37. The third-order valence-electron chi connectivity index (χ3n) is 3.99. The summed E-state index contributed by atoms with van der Waals surface area (Å²) in [5.41, 5.74) is 1.65. The van der Waals surface area contributed by atoms with E-state index in [1.165, 1.54) is 7.11 Å². The highest BCUT2D eigenvalue weighted by molar-refractivity contribution is 6.07. The second-order valence-electron chi connectivity index (χ2n) is 4.90. The molecule has 3 rings (SSSR count). The number of amides is 1. The molecule has 19 heavy (non-hydrogen) atoms. The summed E-state index contributed by atoms with van der Waals surface area (Å²) in [6.45, 7) is 1.18. The van der Waals surface area contributed by atoms with Crippen molar-refractivity contribution in [3.05, 3.63) is 29.3 Å². The topological polar surface area (TPSA) is 64.6 Å². The van der Waals surface area contributed by atoms with Gasteiger partial charge in [-0.05, 0) is 30.5 Å². The fraction of sp³-hybridized carbons (Fsp3) is 0.429. The number of nitrogens with one attached hydrogen (secondary N) is 1. The van der Waals surface area contributed by atoms with Crippen molar-refractivity contribution >= 4 is 17.6 Å². The lowest BCUT2D eigenvalue weighted by atomic mass is 9.75. The van der Waals surface area contributed by atoms with Crippen molar-refractivity contribution in [1.29, 1.82) is 0 Å². The lowest BCUT2D eigenvalue weighted by Gasteiger charge is -2.31. The standard InChI is InChI=1S/C14H15NO4/c1-18-12(16)9-2-3-10-11(8-9)15-13(17)14(10)4-6-19-7-5-14/h2-3,8H,4-7H2,1H3,(H,15,17). The molecule has 5 nitrogen and oxygen atoms in total. The zero-order valence-electron chi connectivity index (χ0n) is 10.7. The van der Waals surface area contributed by atoms with Crippen LogP contribution >= 0.6 is 0 Å². The van der Waals surface area contributed by atoms with E-state index in [2.05, 4.69) is 10.1 Å². The molecule has 1 aromatic carbocycles. The molecular weight excluding hydrogens is 246 g/mol. The van der Waals surface area contributed by atoms with Crippen LogP contribution in [0.1, 0.15) is 28.8 Å². The number of fused-ring (bicyclic) bond motifs is 2. The van der Waals surface area contributed by atoms with Crippen LogP contribution in [0.15, 0.2) is 18.2 Å². The first-order valence-corrected chi connectivity index (χ1v) is 6.29. The van der Waals surface area contributed by atoms with Crippen molar-refractivity contribution in [2.24, 2.45) is 0 Å². The second kappa shape index (κ2) is 4.35. The van der Waals surface area contributed by atoms with Gasteiger partial charge in [-0.2, -0.15) is 0 Å². The first kappa shape index (κ1) is 12.2. The van der Waals surface area contributed by atoms with Gasteiger partial charge in [-0.3, -0.25) is 4.79 Å². The highest BCUT2D eigenvalue weighted by Gasteiger charge is 2.47. The normalized spacial score (nSPS) is 19.9. The van der Waals surface area contributed by atoms with Gasteiger partial charge in [0.25, 0.3) is 0 Å². The molecular formula is C14H15NO4. The SMILES string of the molecule is COC(=O)c1ccc2c(c1)NC(=O)C21CCOCC1. The Bertz CT molecular complexity index is 546. The quantitative estimate of drug-likeness (QED) is 0.778. The Labute approximate surface area is 110 Å². The number of rotatable bonds is 1. The largest absolute Gasteiger partial charge is 0.465 e. The Hall–Kier alpha value is -1.88. The Kier molecular flexibility index (Phi) is 2.78. The van der Waals surface area contributed by atoms with Crippen LogP contribution in [-0.4, -0.2) is 32.2 Å². The Morgan fingerprint density at radius 2 is 2.11 bits per heavy atom. The molecule has 1 amide bonds. The van der Waals surface area contributed by atoms with Crippen LogP contribution in [0.3, 0.4) is 0 Å². The molecule has 0 bridgehead atoms. The monoisotopic (exact) mass is 261 g/mol. The summed E-state index contributed by atoms with van der Waals surface area (Å²) in [5, 5.41) is 2.88. The third kappa shape index (κ3) is 1.73. The third-order valence-corrected chi connectivity index (χ3v) is 3.99. The molecule has 1 fully saturated rings. The Morgan fingerprint density at radius 1 is 1.37 bits per heavy atom. The van der Waals surface area contributed by atoms with Crippen molar-refractivity contribution in [2.75, 3.05) is 25.6 Å². The van der Waals surface area contributed by atoms with Gasteiger partial charge in [0.15, 0.2) is 0 Å². The smallest absolute Gasteiger partial charge is 0.337 e. The maximum absolute atomic E-state index is 12.3. The summed E-state index contributed by atoms with van der Waals surface area (Å²) in [5.74, 6) is -0.391. The van der Waals surface area contributed by atoms with E-state index >= 15 is 0 Å². The Balaban J connectivity index is 2.03. The molecule has 0 saturated carbocycles. The molecule has 2 aliphatic rings. The maximum atomic E-state index is 12.3. The number of hydrogen-bond acceptors (Lipinski definition) is 4. The van der Waals surface area contributed by atoms with Crippen LogP contribution in [-0.2, 0) is 19.7 Å². The van der Waals surface area contributed by atoms with Gasteiger partial charge in [0.05, 0.1) is 18.1 Å². The van der Waals surface area contributed by atoms with E-state index in [-0.39, 0.29) is 5.91 Å². The van der Waals surface area contributed by atoms with Crippen LogP contribution in [0.4, 0.5) is 5.69 Å². The fourth-order valence-electron chi connectivity index (χ4n) is 2.89. The van der Waals surface area contributed by atoms with Crippen molar-refractivity contribution in [1.82, 2.24) is 0 Å². The zero-order chi connectivity index (χ0) is 13.5. The van der Waals surface area contributed by atoms with Gasteiger partial charge in [0.1, 0.15) is 0 Å². The fourth-order valence-corrected chi connectivity index (χ4v) is 2.89. The summed E-state index contributed by atoms with van der Waals surface area (Å²) in [6, 6.07) is 5.25. The van der Waals surface area contributed by atoms with Gasteiger partial charge in [-0.1, -0.05) is 6.07 Å². The summed E-state index contributed by atoms with van der Waals surface area (Å²) >= 11 is 0. The zero-order valence-corrected chi connectivity index (χ0v) is 10.7. The van der Waals surface area contributed by atoms with Gasteiger partial charge >= 0.3 is 5.97 Å². The van der Waals surface area contributed by atoms with Gasteiger partial charge < -0.3 is 14.8 Å². The molecule has 1 N–H and O–H groups in total. The van der Waals surface area contributed by atoms with E-state index in [0.717, 1.165) is 11.3 Å². The maximum Gasteiger partial charge on any atom is 0.337 e. The Morgan fingerprint density at radius 3 is 2.79 bits per heavy atom. The number of carbonyl (C=O) groups excluding carboxylic acids is 2. The minimum Gasteiger partial charge on any atom is -0.465 e. The van der Waals surface area contributed by atoms with Crippen molar-refractivity contribution in [3.63, 3.8) is 0 Å². The number of hydrogen-bond donors (Lipinski definition) is 1. The predicted molar refractivity (Wildman–Crippen MR) is 68.1 cm³/mol. The summed E-state index contributed by atoms with van der Waals surface area (Å²) in [7, 11) is 1.34. The number of methoxy groups -OCH3 is 1. The number of anilines is 1. The van der Waals surface area contributed by atoms with Crippen LogP contribution in [0.2, 0.25) is 0 Å². The first-order chi connectivity index (χ1) is 9.17. The van der Waals surface area contributed by atoms with E-state index in [4.69, 9.17) is 4.74 Å². The molecule has 2 aliphatic heterocycles. The minimum absolute atomic E-state index is 0.00724. The average molecular weight is 261 g/mol. The number of esters is 1. The average Bonchev–Trinajstić information content (AvgIpc) is 2.71. The lowest BCUT2D eigenvalue weighted by molar-refractivity contribution is -0.124. The van der Waals surface area contributed by atoms with E-state index in [0.29, 0.717) is 31.6 Å². The molecule has 1 saturated heterocycles. The van der Waals surface area contributed by atoms with Crippen LogP contribution in [0.5, 0.6) is 0 Å². The molecule has 0 atom stereocenters. The highest BCUT2D eigenvalue weighted by atomic mass is 16.5. The molecule has 0 aromatic heterocycles. The summed E-state index contributed by atoms with van der Waals surface area (Å²) in [4.78, 5) is 23.8. The highest BCUT2D eigenvalue weighted by Crippen LogP contribution is 2.44. The van der Waals surface area contributed by atoms with E-state index in [1.54, 1.807) is 12.1 Å². The van der Waals surface area contributed by atoms with E-state index in [9.17, 15) is 9.59 Å². The minimum atomic E-state index is -0.484. The second-order valence-corrected chi connectivity index (χ2v) is 4.90. The van der Waals surface area contributed by atoms with Crippen molar-refractivity contribution < 1.29 is 19.1 Å². The van der Waals surface area contributed by atoms with Crippen LogP contribution in [0.25, 0.3) is 0 Å². The van der Waals surface area contributed by atoms with Gasteiger partial charge in [0, 0.05) is 18.9 Å². The number of benzene rings is 1. The molecule has 0 unspecified atom stereocenters. The van der Waals surface area contributed by atoms with Crippen molar-refractivity contribution in [3.8, 4) is 0 Å². The molecule has 1 spiro atoms. The molecule has 2 heterocycles. The van der Waals surface area contributed by atoms with Crippen LogP contribution in [0, 0.1) is 0 Å². The van der Waals surface area contributed by atoms with E-state index < -0.39 is 11.4 Å². The molecule has 0 radical (unpaired) electrons. The molecule has 100 valence electrons. The van der Waals surface area contributed by atoms with Gasteiger partial charge in [-0.15, -0.1) is 0 Å². The lowest BCUT2D eigenvalue weighted by Crippen LogP contribution is -2.39. The molecule has 1 aromatic rings. The van der Waals surface area contributed by atoms with Gasteiger partial charge in [-0.25, -0.2) is 4.79 Å². The van der Waals surface area contributed by atoms with Crippen LogP contribution < -0.4 is 5.32 Å². The predicted octanol–water partition coefficient (Wildman–Crippen LogP) is 1.47. The van der Waals surface area contributed by atoms with Gasteiger partial charge in [0.2, 0.25) is 5.91 Å². The van der Waals surface area contributed by atoms with E-state index in [1.807, 2.05) is 6.07 Å².